The minimum absolute atomic E-state index is 0.334. The lowest BCUT2D eigenvalue weighted by Gasteiger charge is -2.16. The normalized spacial score (nSPS) is 11.9. The highest BCUT2D eigenvalue weighted by molar-refractivity contribution is 6.31. The topological polar surface area (TPSA) is 64.0 Å². The highest BCUT2D eigenvalue weighted by Crippen LogP contribution is 2.23. The van der Waals surface area contributed by atoms with Crippen LogP contribution in [0.3, 0.4) is 0 Å². The number of benzene rings is 2. The molecular weight excluding hydrogens is 374 g/mol. The van der Waals surface area contributed by atoms with E-state index in [1.165, 1.54) is 10.7 Å². The van der Waals surface area contributed by atoms with Gasteiger partial charge < -0.3 is 5.32 Å². The number of rotatable bonds is 4. The zero-order valence-corrected chi connectivity index (χ0v) is 17.0. The summed E-state index contributed by atoms with van der Waals surface area (Å²) in [7, 11) is 0. The molecule has 0 saturated heterocycles. The van der Waals surface area contributed by atoms with E-state index < -0.39 is 6.04 Å². The number of nitrogens with zero attached hydrogens (tertiary/aromatic N) is 2. The van der Waals surface area contributed by atoms with Gasteiger partial charge in [0, 0.05) is 22.3 Å². The molecule has 1 N–H and O–H groups in total. The Bertz CT molecular complexity index is 1110. The molecule has 0 unspecified atom stereocenters. The number of amides is 1. The monoisotopic (exact) mass is 395 g/mol. The smallest absolute Gasteiger partial charge is 0.267 e. The molecule has 3 aromatic rings. The first-order valence-electron chi connectivity index (χ1n) is 9.01. The van der Waals surface area contributed by atoms with E-state index in [-0.39, 0.29) is 11.5 Å². The van der Waals surface area contributed by atoms with Crippen molar-refractivity contribution in [1.29, 1.82) is 0 Å². The van der Waals surface area contributed by atoms with Crippen LogP contribution >= 0.6 is 11.6 Å². The molecule has 1 atom stereocenters. The summed E-state index contributed by atoms with van der Waals surface area (Å²) in [5.41, 5.74) is 4.90. The molecule has 28 heavy (non-hydrogen) atoms. The van der Waals surface area contributed by atoms with E-state index in [1.807, 2.05) is 45.0 Å². The van der Waals surface area contributed by atoms with Gasteiger partial charge in [0.1, 0.15) is 6.04 Å². The largest absolute Gasteiger partial charge is 0.324 e. The molecule has 0 spiro atoms. The zero-order valence-electron chi connectivity index (χ0n) is 16.3. The van der Waals surface area contributed by atoms with Gasteiger partial charge in [0.05, 0.1) is 5.69 Å². The summed E-state index contributed by atoms with van der Waals surface area (Å²) < 4.78 is 1.21. The molecule has 0 aliphatic rings. The van der Waals surface area contributed by atoms with Crippen LogP contribution in [0.15, 0.2) is 53.3 Å². The van der Waals surface area contributed by atoms with Gasteiger partial charge in [-0.1, -0.05) is 35.4 Å². The van der Waals surface area contributed by atoms with Crippen molar-refractivity contribution in [3.63, 3.8) is 0 Å². The molecule has 0 fully saturated rings. The lowest BCUT2D eigenvalue weighted by atomic mass is 10.0. The Morgan fingerprint density at radius 3 is 2.50 bits per heavy atom. The van der Waals surface area contributed by atoms with E-state index in [0.29, 0.717) is 16.4 Å². The fraction of sp³-hybridized carbons (Fsp3) is 0.227. The maximum atomic E-state index is 12.7. The van der Waals surface area contributed by atoms with Crippen molar-refractivity contribution in [2.45, 2.75) is 33.7 Å². The fourth-order valence-corrected chi connectivity index (χ4v) is 3.11. The van der Waals surface area contributed by atoms with Crippen LogP contribution in [-0.2, 0) is 4.79 Å². The van der Waals surface area contributed by atoms with E-state index in [9.17, 15) is 9.59 Å². The second-order valence-electron chi connectivity index (χ2n) is 6.94. The van der Waals surface area contributed by atoms with Crippen molar-refractivity contribution >= 4 is 23.2 Å². The average Bonchev–Trinajstić information content (AvgIpc) is 2.66. The average molecular weight is 396 g/mol. The summed E-state index contributed by atoms with van der Waals surface area (Å²) in [6.07, 6.45) is 0. The van der Waals surface area contributed by atoms with Gasteiger partial charge in [0.25, 0.3) is 5.56 Å². The third-order valence-corrected chi connectivity index (χ3v) is 4.93. The number of aromatic nitrogens is 2. The molecule has 1 amide bonds. The Kier molecular flexibility index (Phi) is 5.66. The summed E-state index contributed by atoms with van der Waals surface area (Å²) in [5.74, 6) is -0.335. The maximum absolute atomic E-state index is 12.7. The number of hydrogen-bond donors (Lipinski definition) is 1. The molecule has 0 aliphatic carbocycles. The molecule has 2 aromatic carbocycles. The van der Waals surface area contributed by atoms with Gasteiger partial charge >= 0.3 is 0 Å². The van der Waals surface area contributed by atoms with Crippen LogP contribution in [0.5, 0.6) is 0 Å². The summed E-state index contributed by atoms with van der Waals surface area (Å²) in [6.45, 7) is 7.52. The molecule has 0 aliphatic heterocycles. The Labute approximate surface area is 169 Å². The fourth-order valence-electron chi connectivity index (χ4n) is 2.94. The number of hydrogen-bond acceptors (Lipinski definition) is 3. The van der Waals surface area contributed by atoms with Crippen molar-refractivity contribution in [3.05, 3.63) is 80.6 Å². The second-order valence-corrected chi connectivity index (χ2v) is 7.38. The third kappa shape index (κ3) is 4.15. The first-order valence-corrected chi connectivity index (χ1v) is 9.38. The molecule has 1 heterocycles. The van der Waals surface area contributed by atoms with E-state index in [4.69, 9.17) is 11.6 Å². The maximum Gasteiger partial charge on any atom is 0.267 e. The summed E-state index contributed by atoms with van der Waals surface area (Å²) in [5, 5.41) is 7.83. The molecule has 6 heteroatoms. The van der Waals surface area contributed by atoms with Gasteiger partial charge in [-0.2, -0.15) is 5.10 Å². The number of nitrogens with one attached hydrogen (secondary N) is 1. The highest BCUT2D eigenvalue weighted by Gasteiger charge is 2.19. The summed E-state index contributed by atoms with van der Waals surface area (Å²) >= 11 is 6.02. The number of carbonyl (C=O) groups is 1. The van der Waals surface area contributed by atoms with Gasteiger partial charge in [-0.05, 0) is 63.1 Å². The first kappa shape index (κ1) is 19.8. The number of carbonyl (C=O) groups excluding carboxylic acids is 1. The van der Waals surface area contributed by atoms with Crippen molar-refractivity contribution in [1.82, 2.24) is 9.78 Å². The standard InChI is InChI=1S/C22H22ClN3O2/c1-13-5-6-14(2)18(11-13)19-9-10-21(27)26(25-19)16(4)22(28)24-20-12-17(23)8-7-15(20)3/h5-12,16H,1-4H3,(H,24,28)/t16-/m1/s1. The van der Waals surface area contributed by atoms with Crippen LogP contribution in [0, 0.1) is 20.8 Å². The minimum Gasteiger partial charge on any atom is -0.324 e. The Morgan fingerprint density at radius 1 is 1.04 bits per heavy atom. The lowest BCUT2D eigenvalue weighted by molar-refractivity contribution is -0.119. The van der Waals surface area contributed by atoms with Crippen LogP contribution in [-0.4, -0.2) is 15.7 Å². The van der Waals surface area contributed by atoms with Crippen molar-refractivity contribution in [3.8, 4) is 11.3 Å². The highest BCUT2D eigenvalue weighted by atomic mass is 35.5. The Morgan fingerprint density at radius 2 is 1.75 bits per heavy atom. The number of halogens is 1. The molecule has 144 valence electrons. The number of anilines is 1. The lowest BCUT2D eigenvalue weighted by Crippen LogP contribution is -2.33. The second kappa shape index (κ2) is 7.98. The van der Waals surface area contributed by atoms with E-state index in [2.05, 4.69) is 10.4 Å². The molecule has 0 radical (unpaired) electrons. The zero-order chi connectivity index (χ0) is 20.4. The minimum atomic E-state index is -0.782. The molecular formula is C22H22ClN3O2. The number of aryl methyl sites for hydroxylation is 3. The SMILES string of the molecule is Cc1ccc(C)c(-c2ccc(=O)n([C@H](C)C(=O)Nc3cc(Cl)ccc3C)n2)c1. The third-order valence-electron chi connectivity index (χ3n) is 4.70. The van der Waals surface area contributed by atoms with Crippen LogP contribution in [0.25, 0.3) is 11.3 Å². The predicted molar refractivity (Wildman–Crippen MR) is 113 cm³/mol. The van der Waals surface area contributed by atoms with Crippen molar-refractivity contribution in [2.24, 2.45) is 0 Å². The summed E-state index contributed by atoms with van der Waals surface area (Å²) in [4.78, 5) is 25.1. The van der Waals surface area contributed by atoms with Gasteiger partial charge in [-0.15, -0.1) is 0 Å². The quantitative estimate of drug-likeness (QED) is 0.697. The van der Waals surface area contributed by atoms with E-state index in [0.717, 1.165) is 22.3 Å². The van der Waals surface area contributed by atoms with Crippen molar-refractivity contribution in [2.75, 3.05) is 5.32 Å². The molecule has 3 rings (SSSR count). The Balaban J connectivity index is 1.94. The van der Waals surface area contributed by atoms with Gasteiger partial charge in [0.15, 0.2) is 0 Å². The molecule has 0 bridgehead atoms. The van der Waals surface area contributed by atoms with Crippen LogP contribution in [0.2, 0.25) is 5.02 Å². The molecule has 5 nitrogen and oxygen atoms in total. The van der Waals surface area contributed by atoms with Gasteiger partial charge in [-0.3, -0.25) is 9.59 Å². The van der Waals surface area contributed by atoms with Crippen LogP contribution in [0.4, 0.5) is 5.69 Å². The molecule has 1 aromatic heterocycles. The van der Waals surface area contributed by atoms with Crippen LogP contribution in [0.1, 0.15) is 29.7 Å². The Hall–Kier alpha value is -2.92. The van der Waals surface area contributed by atoms with Gasteiger partial charge in [-0.25, -0.2) is 4.68 Å². The molecule has 0 saturated carbocycles. The first-order chi connectivity index (χ1) is 13.3. The predicted octanol–water partition coefficient (Wildman–Crippen LogP) is 4.69. The van der Waals surface area contributed by atoms with E-state index in [1.54, 1.807) is 25.1 Å². The van der Waals surface area contributed by atoms with E-state index >= 15 is 0 Å². The van der Waals surface area contributed by atoms with Gasteiger partial charge in [0.2, 0.25) is 5.91 Å². The van der Waals surface area contributed by atoms with Crippen molar-refractivity contribution < 1.29 is 4.79 Å². The van der Waals surface area contributed by atoms with Crippen LogP contribution < -0.4 is 10.9 Å². The summed E-state index contributed by atoms with van der Waals surface area (Å²) in [6, 6.07) is 13.7.